The number of methoxy groups -OCH3 is 1. The number of nitrogens with two attached hydrogens (primary N) is 1. The molecule has 0 fully saturated rings. The van der Waals surface area contributed by atoms with Gasteiger partial charge >= 0.3 is 0 Å². The number of para-hydroxylation sites is 2. The number of aromatic nitrogens is 2. The van der Waals surface area contributed by atoms with Crippen molar-refractivity contribution < 1.29 is 17.9 Å². The third kappa shape index (κ3) is 5.03. The summed E-state index contributed by atoms with van der Waals surface area (Å²) in [5, 5.41) is 8.12. The molecule has 33 heavy (non-hydrogen) atoms. The average Bonchev–Trinajstić information content (AvgIpc) is 3.16. The van der Waals surface area contributed by atoms with Gasteiger partial charge in [-0.25, -0.2) is 18.5 Å². The van der Waals surface area contributed by atoms with Crippen LogP contribution < -0.4 is 15.2 Å². The highest BCUT2D eigenvalue weighted by Crippen LogP contribution is 2.31. The van der Waals surface area contributed by atoms with Crippen LogP contribution in [0.3, 0.4) is 0 Å². The molecule has 4 rings (SSSR count). The lowest BCUT2D eigenvalue weighted by molar-refractivity contribution is -0.115. The Hall–Kier alpha value is -3.34. The molecule has 4 aromatic rings. The predicted molar refractivity (Wildman–Crippen MR) is 129 cm³/mol. The van der Waals surface area contributed by atoms with Gasteiger partial charge in [0.2, 0.25) is 15.9 Å². The number of carbonyl (C=O) groups is 1. The van der Waals surface area contributed by atoms with Gasteiger partial charge < -0.3 is 10.1 Å². The molecule has 10 heteroatoms. The third-order valence-electron chi connectivity index (χ3n) is 4.96. The van der Waals surface area contributed by atoms with Gasteiger partial charge in [0.05, 0.1) is 28.3 Å². The zero-order valence-corrected chi connectivity index (χ0v) is 19.6. The van der Waals surface area contributed by atoms with Gasteiger partial charge in [-0.2, -0.15) is 0 Å². The van der Waals surface area contributed by atoms with Crippen molar-refractivity contribution in [2.24, 2.45) is 5.14 Å². The summed E-state index contributed by atoms with van der Waals surface area (Å²) >= 11 is 1.33. The molecule has 3 aromatic carbocycles. The molecular weight excluding hydrogens is 460 g/mol. The summed E-state index contributed by atoms with van der Waals surface area (Å²) < 4.78 is 30.1. The number of hydrogen-bond acceptors (Lipinski definition) is 6. The summed E-state index contributed by atoms with van der Waals surface area (Å²) in [6.45, 7) is 1.79. The van der Waals surface area contributed by atoms with Gasteiger partial charge in [-0.3, -0.25) is 9.36 Å². The van der Waals surface area contributed by atoms with Crippen LogP contribution in [0.15, 0.2) is 82.8 Å². The van der Waals surface area contributed by atoms with Gasteiger partial charge in [-0.05, 0) is 67.6 Å². The molecule has 0 aliphatic rings. The van der Waals surface area contributed by atoms with Crippen LogP contribution in [0.2, 0.25) is 0 Å². The SMILES string of the molecule is COc1ccc(-n2c(S[C@@H](C)C(=O)Nc3ccc(S(N)(=O)=O)cc3)nc3ccccc32)cc1. The van der Waals surface area contributed by atoms with Gasteiger partial charge in [-0.1, -0.05) is 23.9 Å². The Labute approximate surface area is 195 Å². The molecule has 0 unspecified atom stereocenters. The fourth-order valence-electron chi connectivity index (χ4n) is 3.25. The van der Waals surface area contributed by atoms with E-state index >= 15 is 0 Å². The summed E-state index contributed by atoms with van der Waals surface area (Å²) in [6, 6.07) is 21.1. The molecule has 3 N–H and O–H groups in total. The van der Waals surface area contributed by atoms with Crippen LogP contribution in [0.5, 0.6) is 5.75 Å². The van der Waals surface area contributed by atoms with E-state index in [1.54, 1.807) is 14.0 Å². The monoisotopic (exact) mass is 482 g/mol. The van der Waals surface area contributed by atoms with Crippen molar-refractivity contribution in [3.8, 4) is 11.4 Å². The Morgan fingerprint density at radius 2 is 1.73 bits per heavy atom. The Morgan fingerprint density at radius 3 is 2.36 bits per heavy atom. The van der Waals surface area contributed by atoms with Crippen molar-refractivity contribution in [2.45, 2.75) is 22.2 Å². The van der Waals surface area contributed by atoms with Gasteiger partial charge in [0, 0.05) is 11.4 Å². The minimum Gasteiger partial charge on any atom is -0.497 e. The number of ether oxygens (including phenoxy) is 1. The highest BCUT2D eigenvalue weighted by atomic mass is 32.2. The zero-order valence-electron chi connectivity index (χ0n) is 17.9. The third-order valence-corrected chi connectivity index (χ3v) is 6.94. The molecule has 0 saturated heterocycles. The first-order valence-electron chi connectivity index (χ1n) is 9.98. The number of nitrogens with one attached hydrogen (secondary N) is 1. The summed E-state index contributed by atoms with van der Waals surface area (Å²) in [7, 11) is -2.17. The number of sulfonamides is 1. The Morgan fingerprint density at radius 1 is 1.06 bits per heavy atom. The second-order valence-corrected chi connectivity index (χ2v) is 10.1. The number of carbonyl (C=O) groups excluding carboxylic acids is 1. The number of amides is 1. The van der Waals surface area contributed by atoms with E-state index < -0.39 is 15.3 Å². The van der Waals surface area contributed by atoms with Crippen LogP contribution in [0.1, 0.15) is 6.92 Å². The summed E-state index contributed by atoms with van der Waals surface area (Å²) in [5.41, 5.74) is 3.13. The minimum absolute atomic E-state index is 0.0175. The molecule has 0 spiro atoms. The average molecular weight is 483 g/mol. The predicted octanol–water partition coefficient (Wildman–Crippen LogP) is 3.80. The van der Waals surface area contributed by atoms with E-state index in [0.717, 1.165) is 22.5 Å². The van der Waals surface area contributed by atoms with Crippen molar-refractivity contribution in [3.05, 3.63) is 72.8 Å². The first-order chi connectivity index (χ1) is 15.8. The number of hydrogen-bond donors (Lipinski definition) is 2. The molecule has 0 radical (unpaired) electrons. The fraction of sp³-hybridized carbons (Fsp3) is 0.130. The van der Waals surface area contributed by atoms with Crippen LogP contribution in [0.25, 0.3) is 16.7 Å². The first-order valence-corrected chi connectivity index (χ1v) is 12.4. The zero-order chi connectivity index (χ0) is 23.6. The van der Waals surface area contributed by atoms with Gasteiger partial charge in [0.15, 0.2) is 5.16 Å². The first kappa shape index (κ1) is 22.8. The van der Waals surface area contributed by atoms with Gasteiger partial charge in [0.25, 0.3) is 0 Å². The van der Waals surface area contributed by atoms with Gasteiger partial charge in [0.1, 0.15) is 5.75 Å². The molecule has 0 aliphatic heterocycles. The van der Waals surface area contributed by atoms with Crippen LogP contribution in [0.4, 0.5) is 5.69 Å². The minimum atomic E-state index is -3.79. The highest BCUT2D eigenvalue weighted by Gasteiger charge is 2.21. The number of rotatable bonds is 7. The van der Waals surface area contributed by atoms with Crippen LogP contribution in [-0.4, -0.2) is 36.2 Å². The maximum absolute atomic E-state index is 12.8. The van der Waals surface area contributed by atoms with E-state index in [-0.39, 0.29) is 10.8 Å². The molecule has 1 heterocycles. The number of anilines is 1. The van der Waals surface area contributed by atoms with Crippen molar-refractivity contribution >= 4 is 44.4 Å². The Bertz CT molecular complexity index is 1400. The Balaban J connectivity index is 1.58. The van der Waals surface area contributed by atoms with Crippen LogP contribution in [0, 0.1) is 0 Å². The quantitative estimate of drug-likeness (QED) is 0.387. The summed E-state index contributed by atoms with van der Waals surface area (Å²) in [5.74, 6) is 0.510. The molecule has 1 amide bonds. The smallest absolute Gasteiger partial charge is 0.238 e. The molecule has 1 atom stereocenters. The summed E-state index contributed by atoms with van der Waals surface area (Å²) in [6.07, 6.45) is 0. The highest BCUT2D eigenvalue weighted by molar-refractivity contribution is 8.00. The Kier molecular flexibility index (Phi) is 6.41. The molecule has 8 nitrogen and oxygen atoms in total. The lowest BCUT2D eigenvalue weighted by Gasteiger charge is -2.14. The van der Waals surface area contributed by atoms with Crippen LogP contribution in [-0.2, 0) is 14.8 Å². The number of nitrogens with zero attached hydrogens (tertiary/aromatic N) is 2. The maximum Gasteiger partial charge on any atom is 0.238 e. The van der Waals surface area contributed by atoms with E-state index in [1.807, 2.05) is 53.1 Å². The van der Waals surface area contributed by atoms with Crippen molar-refractivity contribution in [1.82, 2.24) is 9.55 Å². The summed E-state index contributed by atoms with van der Waals surface area (Å²) in [4.78, 5) is 17.5. The van der Waals surface area contributed by atoms with Crippen LogP contribution >= 0.6 is 11.8 Å². The van der Waals surface area contributed by atoms with E-state index in [9.17, 15) is 13.2 Å². The second-order valence-electron chi connectivity index (χ2n) is 7.24. The van der Waals surface area contributed by atoms with E-state index in [1.165, 1.54) is 36.0 Å². The van der Waals surface area contributed by atoms with Crippen molar-refractivity contribution in [2.75, 3.05) is 12.4 Å². The molecule has 170 valence electrons. The number of fused-ring (bicyclic) bond motifs is 1. The number of primary sulfonamides is 1. The molecule has 0 aliphatic carbocycles. The van der Waals surface area contributed by atoms with Gasteiger partial charge in [-0.15, -0.1) is 0 Å². The number of thioether (sulfide) groups is 1. The standard InChI is InChI=1S/C23H22N4O4S2/c1-15(22(28)25-16-7-13-19(14-8-16)33(24,29)30)32-23-26-20-5-3-4-6-21(20)27(23)17-9-11-18(31-2)12-10-17/h3-15H,1-2H3,(H,25,28)(H2,24,29,30)/t15-/m0/s1. The second kappa shape index (κ2) is 9.26. The maximum atomic E-state index is 12.8. The van der Waals surface area contributed by atoms with E-state index in [2.05, 4.69) is 5.32 Å². The topological polar surface area (TPSA) is 116 Å². The number of benzene rings is 3. The number of imidazole rings is 1. The molecule has 0 saturated carbocycles. The normalized spacial score (nSPS) is 12.5. The van der Waals surface area contributed by atoms with E-state index in [0.29, 0.717) is 10.8 Å². The van der Waals surface area contributed by atoms with Crippen molar-refractivity contribution in [3.63, 3.8) is 0 Å². The fourth-order valence-corrected chi connectivity index (χ4v) is 4.71. The largest absolute Gasteiger partial charge is 0.497 e. The molecular formula is C23H22N4O4S2. The van der Waals surface area contributed by atoms with E-state index in [4.69, 9.17) is 14.9 Å². The molecule has 1 aromatic heterocycles. The molecule has 0 bridgehead atoms. The van der Waals surface area contributed by atoms with Crippen molar-refractivity contribution in [1.29, 1.82) is 0 Å². The lowest BCUT2D eigenvalue weighted by Crippen LogP contribution is -2.23. The lowest BCUT2D eigenvalue weighted by atomic mass is 10.2.